The summed E-state index contributed by atoms with van der Waals surface area (Å²) in [7, 11) is 0. The predicted molar refractivity (Wildman–Crippen MR) is 104 cm³/mol. The summed E-state index contributed by atoms with van der Waals surface area (Å²) in [4.78, 5) is 13.5. The fraction of sp³-hybridized carbons (Fsp3) is 0.200. The molecule has 2 aromatic heterocycles. The molecule has 0 radical (unpaired) electrons. The van der Waals surface area contributed by atoms with Crippen molar-refractivity contribution in [2.75, 3.05) is 18.5 Å². The maximum Gasteiger partial charge on any atom is 0.229 e. The summed E-state index contributed by atoms with van der Waals surface area (Å²) in [6, 6.07) is 16.3. The molecule has 2 aromatic carbocycles. The Kier molecular flexibility index (Phi) is 3.72. The molecule has 5 nitrogen and oxygen atoms in total. The second-order valence-electron chi connectivity index (χ2n) is 6.53. The zero-order chi connectivity index (χ0) is 17.5. The van der Waals surface area contributed by atoms with Gasteiger partial charge in [-0.1, -0.05) is 18.2 Å². The van der Waals surface area contributed by atoms with Gasteiger partial charge < -0.3 is 10.1 Å². The lowest BCUT2D eigenvalue weighted by Gasteiger charge is -2.09. The van der Waals surface area contributed by atoms with Crippen molar-refractivity contribution in [3.8, 4) is 10.6 Å². The maximum absolute atomic E-state index is 12.3. The predicted octanol–water partition coefficient (Wildman–Crippen LogP) is 4.42. The number of ether oxygens (including phenoxy) is 1. The van der Waals surface area contributed by atoms with Crippen LogP contribution in [0, 0.1) is 5.92 Å². The number of anilines is 1. The van der Waals surface area contributed by atoms with Gasteiger partial charge in [0.15, 0.2) is 0 Å². The molecule has 0 aliphatic carbocycles. The molecule has 6 heteroatoms. The number of carbonyl (C=O) groups excluding carboxylic acids is 1. The minimum atomic E-state index is -0.0582. The molecule has 1 amide bonds. The van der Waals surface area contributed by atoms with Crippen LogP contribution in [-0.2, 0) is 9.53 Å². The van der Waals surface area contributed by atoms with Crippen molar-refractivity contribution in [2.24, 2.45) is 5.92 Å². The van der Waals surface area contributed by atoms with Crippen molar-refractivity contribution in [1.82, 2.24) is 10.2 Å². The molecule has 5 rings (SSSR count). The van der Waals surface area contributed by atoms with Crippen molar-refractivity contribution in [1.29, 1.82) is 0 Å². The van der Waals surface area contributed by atoms with Gasteiger partial charge in [-0.2, -0.15) is 5.10 Å². The largest absolute Gasteiger partial charge is 0.381 e. The summed E-state index contributed by atoms with van der Waals surface area (Å²) in [5.41, 5.74) is 2.67. The summed E-state index contributed by atoms with van der Waals surface area (Å²) in [6.45, 7) is 1.17. The fourth-order valence-electron chi connectivity index (χ4n) is 3.36. The number of hydrogen-bond donors (Lipinski definition) is 2. The number of hydrogen-bond acceptors (Lipinski definition) is 4. The first kappa shape index (κ1) is 15.5. The molecular formula is C20H17N3O2S. The van der Waals surface area contributed by atoms with E-state index in [2.05, 4.69) is 33.7 Å². The highest BCUT2D eigenvalue weighted by Crippen LogP contribution is 2.36. The first-order valence-electron chi connectivity index (χ1n) is 8.63. The Bertz CT molecular complexity index is 1080. The van der Waals surface area contributed by atoms with Gasteiger partial charge in [0.25, 0.3) is 0 Å². The number of aromatic amines is 1. The minimum Gasteiger partial charge on any atom is -0.381 e. The molecule has 1 saturated heterocycles. The molecule has 1 unspecified atom stereocenters. The molecule has 3 heterocycles. The van der Waals surface area contributed by atoms with Crippen molar-refractivity contribution < 1.29 is 9.53 Å². The smallest absolute Gasteiger partial charge is 0.229 e. The molecule has 1 fully saturated rings. The topological polar surface area (TPSA) is 67.0 Å². The summed E-state index contributed by atoms with van der Waals surface area (Å²) >= 11 is 1.72. The van der Waals surface area contributed by atoms with Gasteiger partial charge in [-0.05, 0) is 42.1 Å². The zero-order valence-electron chi connectivity index (χ0n) is 14.0. The zero-order valence-corrected chi connectivity index (χ0v) is 14.8. The standard InChI is InChI=1S/C20H17N3O2S/c24-20(13-7-8-25-11-13)21-14-5-6-16-15(10-14)19(23-22-16)18-9-12-3-1-2-4-17(12)26-18/h1-6,9-10,13H,7-8,11H2,(H,21,24)(H,22,23). The fourth-order valence-corrected chi connectivity index (χ4v) is 4.43. The molecular weight excluding hydrogens is 346 g/mol. The molecule has 1 aliphatic rings. The van der Waals surface area contributed by atoms with Crippen molar-refractivity contribution in [3.05, 3.63) is 48.5 Å². The van der Waals surface area contributed by atoms with Crippen molar-refractivity contribution in [3.63, 3.8) is 0 Å². The van der Waals surface area contributed by atoms with Crippen LogP contribution in [0.15, 0.2) is 48.5 Å². The molecule has 1 aliphatic heterocycles. The van der Waals surface area contributed by atoms with E-state index in [0.29, 0.717) is 13.2 Å². The van der Waals surface area contributed by atoms with Gasteiger partial charge in [-0.15, -0.1) is 11.3 Å². The Balaban J connectivity index is 1.51. The first-order valence-corrected chi connectivity index (χ1v) is 9.45. The number of rotatable bonds is 3. The van der Waals surface area contributed by atoms with E-state index in [1.54, 1.807) is 11.3 Å². The van der Waals surface area contributed by atoms with Crippen LogP contribution in [0.4, 0.5) is 5.69 Å². The SMILES string of the molecule is O=C(Nc1ccc2[nH]nc(-c3cc4ccccc4s3)c2c1)C1CCOC1. The number of carbonyl (C=O) groups is 1. The highest BCUT2D eigenvalue weighted by atomic mass is 32.1. The highest BCUT2D eigenvalue weighted by molar-refractivity contribution is 7.22. The molecule has 2 N–H and O–H groups in total. The third-order valence-electron chi connectivity index (χ3n) is 4.79. The molecule has 26 heavy (non-hydrogen) atoms. The lowest BCUT2D eigenvalue weighted by Crippen LogP contribution is -2.22. The van der Waals surface area contributed by atoms with E-state index >= 15 is 0 Å². The second kappa shape index (κ2) is 6.23. The van der Waals surface area contributed by atoms with Crippen LogP contribution in [0.3, 0.4) is 0 Å². The highest BCUT2D eigenvalue weighted by Gasteiger charge is 2.23. The molecule has 4 aromatic rings. The number of nitrogens with one attached hydrogen (secondary N) is 2. The van der Waals surface area contributed by atoms with Crippen LogP contribution in [0.25, 0.3) is 31.6 Å². The van der Waals surface area contributed by atoms with Gasteiger partial charge in [0.2, 0.25) is 5.91 Å². The number of amides is 1. The van der Waals surface area contributed by atoms with E-state index in [1.165, 1.54) is 10.1 Å². The Morgan fingerprint density at radius 1 is 1.23 bits per heavy atom. The summed E-state index contributed by atoms with van der Waals surface area (Å²) in [6.07, 6.45) is 0.785. The normalized spacial score (nSPS) is 17.2. The van der Waals surface area contributed by atoms with E-state index < -0.39 is 0 Å². The lowest BCUT2D eigenvalue weighted by atomic mass is 10.1. The van der Waals surface area contributed by atoms with E-state index in [9.17, 15) is 4.79 Å². The second-order valence-corrected chi connectivity index (χ2v) is 7.61. The lowest BCUT2D eigenvalue weighted by molar-refractivity contribution is -0.119. The number of nitrogens with zero attached hydrogens (tertiary/aromatic N) is 1. The summed E-state index contributed by atoms with van der Waals surface area (Å²) < 4.78 is 6.55. The van der Waals surface area contributed by atoms with Crippen LogP contribution in [0.5, 0.6) is 0 Å². The number of aromatic nitrogens is 2. The third kappa shape index (κ3) is 2.67. The Hall–Kier alpha value is -2.70. The number of fused-ring (bicyclic) bond motifs is 2. The number of H-pyrrole nitrogens is 1. The Morgan fingerprint density at radius 2 is 2.15 bits per heavy atom. The average molecular weight is 363 g/mol. The first-order chi connectivity index (χ1) is 12.8. The van der Waals surface area contributed by atoms with Gasteiger partial charge in [0.1, 0.15) is 5.69 Å². The van der Waals surface area contributed by atoms with Crippen molar-refractivity contribution in [2.45, 2.75) is 6.42 Å². The van der Waals surface area contributed by atoms with Crippen LogP contribution in [0.1, 0.15) is 6.42 Å². The molecule has 0 spiro atoms. The Labute approximate surface area is 154 Å². The average Bonchev–Trinajstić information content (AvgIpc) is 3.39. The van der Waals surface area contributed by atoms with E-state index in [0.717, 1.165) is 33.6 Å². The van der Waals surface area contributed by atoms with Crippen LogP contribution in [0.2, 0.25) is 0 Å². The van der Waals surface area contributed by atoms with E-state index in [-0.39, 0.29) is 11.8 Å². The molecule has 0 saturated carbocycles. The van der Waals surface area contributed by atoms with Crippen LogP contribution < -0.4 is 5.32 Å². The number of thiophene rings is 1. The van der Waals surface area contributed by atoms with E-state index in [1.807, 2.05) is 30.3 Å². The van der Waals surface area contributed by atoms with Gasteiger partial charge in [0, 0.05) is 22.4 Å². The van der Waals surface area contributed by atoms with Crippen LogP contribution in [-0.4, -0.2) is 29.3 Å². The quantitative estimate of drug-likeness (QED) is 0.566. The molecule has 130 valence electrons. The Morgan fingerprint density at radius 3 is 3.00 bits per heavy atom. The van der Waals surface area contributed by atoms with Gasteiger partial charge in [-0.3, -0.25) is 9.89 Å². The van der Waals surface area contributed by atoms with Crippen molar-refractivity contribution >= 4 is 43.9 Å². The van der Waals surface area contributed by atoms with E-state index in [4.69, 9.17) is 4.74 Å². The molecule has 0 bridgehead atoms. The summed E-state index contributed by atoms with van der Waals surface area (Å²) in [5.74, 6) is -0.0362. The minimum absolute atomic E-state index is 0.0220. The third-order valence-corrected chi connectivity index (χ3v) is 5.91. The van der Waals surface area contributed by atoms with Gasteiger partial charge >= 0.3 is 0 Å². The van der Waals surface area contributed by atoms with Gasteiger partial charge in [-0.25, -0.2) is 0 Å². The van der Waals surface area contributed by atoms with Crippen LogP contribution >= 0.6 is 11.3 Å². The summed E-state index contributed by atoms with van der Waals surface area (Å²) in [5, 5.41) is 12.8. The van der Waals surface area contributed by atoms with Gasteiger partial charge in [0.05, 0.1) is 22.9 Å². The monoisotopic (exact) mass is 363 g/mol. The maximum atomic E-state index is 12.3. The molecule has 1 atom stereocenters. The number of benzene rings is 2.